The molecule has 0 saturated heterocycles. The maximum atomic E-state index is 11.2. The first kappa shape index (κ1) is 61.0. The van der Waals surface area contributed by atoms with Crippen molar-refractivity contribution in [1.82, 2.24) is 0 Å². The third kappa shape index (κ3) is 31.5. The second-order valence-electron chi connectivity index (χ2n) is 18.6. The zero-order chi connectivity index (χ0) is 45.1. The molecule has 2 nitrogen and oxygen atoms in total. The SMILES string of the molecule is CCCCC1=C(c2ccc(CCCC)cc2)[N+](=[N-])C(c2ccc(CCCC)cc2)=C1.[CH2-]CCCCCCCCCCCCCCC.[CH2-]CCCCCCCCCCCCCCC.[Ni+2]. The number of rotatable bonds is 37. The van der Waals surface area contributed by atoms with Gasteiger partial charge in [-0.3, -0.25) is 0 Å². The molecule has 63 heavy (non-hydrogen) atoms. The summed E-state index contributed by atoms with van der Waals surface area (Å²) in [6, 6.07) is 17.5. The van der Waals surface area contributed by atoms with E-state index in [0.29, 0.717) is 0 Å². The molecule has 3 heteroatoms. The van der Waals surface area contributed by atoms with E-state index in [-0.39, 0.29) is 16.5 Å². The van der Waals surface area contributed by atoms with Crippen molar-refractivity contribution in [2.24, 2.45) is 0 Å². The molecule has 0 fully saturated rings. The monoisotopic (exact) mass is 909 g/mol. The van der Waals surface area contributed by atoms with Crippen molar-refractivity contribution in [2.45, 2.75) is 272 Å². The summed E-state index contributed by atoms with van der Waals surface area (Å²) >= 11 is 0. The molecule has 362 valence electrons. The van der Waals surface area contributed by atoms with E-state index in [9.17, 15) is 5.53 Å². The molecule has 0 radical (unpaired) electrons. The average Bonchev–Trinajstić information content (AvgIpc) is 3.63. The van der Waals surface area contributed by atoms with Crippen molar-refractivity contribution < 1.29 is 21.2 Å². The zero-order valence-corrected chi connectivity index (χ0v) is 43.5. The average molecular weight is 910 g/mol. The Balaban J connectivity index is 0.000000997. The van der Waals surface area contributed by atoms with Crippen LogP contribution in [0.4, 0.5) is 0 Å². The Bertz CT molecular complexity index is 1300. The second kappa shape index (κ2) is 45.2. The van der Waals surface area contributed by atoms with Crippen LogP contribution < -0.4 is 0 Å². The van der Waals surface area contributed by atoms with Gasteiger partial charge < -0.3 is 19.4 Å². The normalized spacial score (nSPS) is 12.1. The molecule has 0 amide bonds. The number of hydrogen-bond acceptors (Lipinski definition) is 0. The summed E-state index contributed by atoms with van der Waals surface area (Å²) in [4.78, 5) is 0. The van der Waals surface area contributed by atoms with Gasteiger partial charge in [0.1, 0.15) is 0 Å². The number of nitrogens with zero attached hydrogens (tertiary/aromatic N) is 2. The van der Waals surface area contributed by atoms with E-state index < -0.39 is 0 Å². The molecule has 3 rings (SSSR count). The van der Waals surface area contributed by atoms with Crippen molar-refractivity contribution in [3.63, 3.8) is 0 Å². The largest absolute Gasteiger partial charge is 2.00 e. The topological polar surface area (TPSA) is 25.3 Å². The van der Waals surface area contributed by atoms with Crippen molar-refractivity contribution in [3.8, 4) is 0 Å². The summed E-state index contributed by atoms with van der Waals surface area (Å²) in [5, 5.41) is 0. The van der Waals surface area contributed by atoms with Crippen LogP contribution in [0.3, 0.4) is 0 Å². The zero-order valence-electron chi connectivity index (χ0n) is 42.5. The first-order valence-corrected chi connectivity index (χ1v) is 27.2. The number of hydrogen-bond donors (Lipinski definition) is 0. The van der Waals surface area contributed by atoms with Gasteiger partial charge in [-0.05, 0) is 73.9 Å². The predicted octanol–water partition coefficient (Wildman–Crippen LogP) is 21.0. The Labute approximate surface area is 404 Å². The first-order valence-electron chi connectivity index (χ1n) is 27.2. The summed E-state index contributed by atoms with van der Waals surface area (Å²) in [6.07, 6.45) is 52.2. The molecule has 1 heterocycles. The Morgan fingerprint density at radius 3 is 0.968 bits per heavy atom. The van der Waals surface area contributed by atoms with E-state index in [2.05, 4.69) is 103 Å². The quantitative estimate of drug-likeness (QED) is 0.0279. The molecule has 2 aromatic carbocycles. The van der Waals surface area contributed by atoms with Crippen LogP contribution in [-0.4, -0.2) is 4.70 Å². The number of allylic oxidation sites excluding steroid dienone is 2. The third-order valence-electron chi connectivity index (χ3n) is 12.7. The van der Waals surface area contributed by atoms with Crippen LogP contribution >= 0.6 is 0 Å². The molecule has 0 atom stereocenters. The van der Waals surface area contributed by atoms with Crippen molar-refractivity contribution in [1.29, 1.82) is 0 Å². The van der Waals surface area contributed by atoms with Crippen LogP contribution in [0, 0.1) is 13.8 Å². The van der Waals surface area contributed by atoms with Crippen LogP contribution in [0.5, 0.6) is 0 Å². The Morgan fingerprint density at radius 1 is 0.365 bits per heavy atom. The van der Waals surface area contributed by atoms with Gasteiger partial charge in [0.15, 0.2) is 0 Å². The molecule has 0 spiro atoms. The fraction of sp³-hybridized carbons (Fsp3) is 0.700. The summed E-state index contributed by atoms with van der Waals surface area (Å²) in [7, 11) is 0. The van der Waals surface area contributed by atoms with Crippen molar-refractivity contribution in [2.75, 3.05) is 0 Å². The van der Waals surface area contributed by atoms with E-state index in [1.54, 1.807) is 0 Å². The van der Waals surface area contributed by atoms with Crippen LogP contribution in [0.2, 0.25) is 0 Å². The summed E-state index contributed by atoms with van der Waals surface area (Å²) < 4.78 is 1.41. The van der Waals surface area contributed by atoms with Crippen LogP contribution in [0.1, 0.15) is 282 Å². The van der Waals surface area contributed by atoms with E-state index in [1.807, 2.05) is 0 Å². The number of aryl methyl sites for hydroxylation is 2. The van der Waals surface area contributed by atoms with Gasteiger partial charge in [-0.1, -0.05) is 245 Å². The predicted molar refractivity (Wildman–Crippen MR) is 279 cm³/mol. The number of unbranched alkanes of at least 4 members (excludes halogenated alkanes) is 29. The van der Waals surface area contributed by atoms with Crippen LogP contribution in [-0.2, 0) is 29.3 Å². The first-order chi connectivity index (χ1) is 30.5. The minimum Gasteiger partial charge on any atom is -0.493 e. The molecule has 0 aromatic heterocycles. The van der Waals surface area contributed by atoms with E-state index in [0.717, 1.165) is 67.5 Å². The second-order valence-corrected chi connectivity index (χ2v) is 18.6. The summed E-state index contributed by atoms with van der Waals surface area (Å²) in [5.74, 6) is 0. The molecule has 2 aromatic rings. The molecule has 0 aliphatic carbocycles. The molecule has 0 saturated carbocycles. The van der Waals surface area contributed by atoms with Gasteiger partial charge in [0.25, 0.3) is 0 Å². The Morgan fingerprint density at radius 2 is 0.651 bits per heavy atom. The van der Waals surface area contributed by atoms with Gasteiger partial charge in [-0.2, -0.15) is 12.8 Å². The fourth-order valence-electron chi connectivity index (χ4n) is 8.44. The van der Waals surface area contributed by atoms with Crippen molar-refractivity contribution in [3.05, 3.63) is 102 Å². The maximum absolute atomic E-state index is 11.2. The Hall–Kier alpha value is -1.99. The molecular weight excluding hydrogens is 807 g/mol. The van der Waals surface area contributed by atoms with Gasteiger partial charge in [0, 0.05) is 22.8 Å². The Kier molecular flexibility index (Phi) is 43.8. The number of benzene rings is 2. The molecule has 0 unspecified atom stereocenters. The maximum Gasteiger partial charge on any atom is 2.00 e. The van der Waals surface area contributed by atoms with Crippen LogP contribution in [0.25, 0.3) is 16.9 Å². The standard InChI is InChI=1S/C28H36N2.2C16H33.Ni/c1-4-7-10-22-13-17-24(18-14-22)27-21-26(12-9-6-3)28(30(27)29)25-19-15-23(16-20-25)11-8-5-2;2*1-3-5-7-9-11-13-15-16-14-12-10-8-6-4-2;/h13-21H,4-12H2,1-3H3;2*1,3-16H2,2H3;/q;2*-1;+2. The van der Waals surface area contributed by atoms with Gasteiger partial charge >= 0.3 is 16.5 Å². The van der Waals surface area contributed by atoms with E-state index in [4.69, 9.17) is 0 Å². The molecular formula is C60H102N2Ni. The summed E-state index contributed by atoms with van der Waals surface area (Å²) in [6.45, 7) is 19.0. The molecule has 0 N–H and O–H groups in total. The molecule has 1 aliphatic rings. The fourth-order valence-corrected chi connectivity index (χ4v) is 8.44. The minimum atomic E-state index is 0. The third-order valence-corrected chi connectivity index (χ3v) is 12.7. The van der Waals surface area contributed by atoms with E-state index in [1.165, 1.54) is 214 Å². The van der Waals surface area contributed by atoms with E-state index >= 15 is 0 Å². The van der Waals surface area contributed by atoms with Crippen molar-refractivity contribution >= 4 is 11.4 Å². The summed E-state index contributed by atoms with van der Waals surface area (Å²) in [5.41, 5.74) is 19.1. The van der Waals surface area contributed by atoms with Crippen LogP contribution in [0.15, 0.2) is 60.2 Å². The van der Waals surface area contributed by atoms with Gasteiger partial charge in [0.05, 0.1) is 0 Å². The van der Waals surface area contributed by atoms with Gasteiger partial charge in [0.2, 0.25) is 11.4 Å². The molecule has 1 aliphatic heterocycles. The minimum absolute atomic E-state index is 0. The molecule has 0 bridgehead atoms. The smallest absolute Gasteiger partial charge is 0.493 e. The van der Waals surface area contributed by atoms with Gasteiger partial charge in [-0.25, -0.2) is 4.70 Å². The van der Waals surface area contributed by atoms with Gasteiger partial charge in [-0.15, -0.1) is 0 Å².